The predicted octanol–water partition coefficient (Wildman–Crippen LogP) is 15.8. The average molecular weight is 731 g/mol. The van der Waals surface area contributed by atoms with Crippen molar-refractivity contribution in [2.24, 2.45) is 0 Å². The van der Waals surface area contributed by atoms with E-state index in [0.717, 1.165) is 77.3 Å². The maximum Gasteiger partial charge on any atom is 0.178 e. The van der Waals surface area contributed by atoms with E-state index in [1.807, 2.05) is 12.1 Å². The van der Waals surface area contributed by atoms with E-state index < -0.39 is 0 Å². The molecule has 0 atom stereocenters. The zero-order valence-corrected chi connectivity index (χ0v) is 31.6. The van der Waals surface area contributed by atoms with Crippen LogP contribution in [0.25, 0.3) is 99.5 Å². The van der Waals surface area contributed by atoms with Gasteiger partial charge in [0.05, 0.1) is 0 Å². The van der Waals surface area contributed by atoms with Crippen molar-refractivity contribution in [1.29, 1.82) is 0 Å². The fourth-order valence-corrected chi connectivity index (χ4v) is 8.08. The standard InChI is InChI=1S/C55H38O2/c1-3-36(40-18-11-19-41(31-40)38-14-7-5-8-15-38)30-37(4-2)46-24-28-52-50(34-46)48-26-27-49-51-35-47(25-29-53(51)57-55(49)54(48)56-52)45-23-13-22-44(33-45)43-21-12-20-42(32-43)39-16-9-6-10-17-39/h3-35H,1H2,2H3/b36-30+,37-4+. The van der Waals surface area contributed by atoms with Crippen LogP contribution in [0.1, 0.15) is 18.1 Å². The summed E-state index contributed by atoms with van der Waals surface area (Å²) < 4.78 is 13.1. The number of benzene rings is 8. The summed E-state index contributed by atoms with van der Waals surface area (Å²) in [5.74, 6) is 0. The van der Waals surface area contributed by atoms with Crippen LogP contribution in [0.3, 0.4) is 0 Å². The SMILES string of the molecule is C=C/C(=C\C(=C/C)c1ccc2oc3c(ccc4c5cc(-c6cccc(-c7cccc(-c8ccccc8)c7)c6)ccc5oc43)c2c1)c1cccc(-c2ccccc2)c1. The molecule has 0 amide bonds. The van der Waals surface area contributed by atoms with Crippen LogP contribution < -0.4 is 0 Å². The minimum Gasteiger partial charge on any atom is -0.452 e. The normalized spacial score (nSPS) is 12.2. The first-order valence-electron chi connectivity index (χ1n) is 19.4. The Balaban J connectivity index is 0.992. The van der Waals surface area contributed by atoms with Crippen molar-refractivity contribution in [2.75, 3.05) is 0 Å². The van der Waals surface area contributed by atoms with E-state index >= 15 is 0 Å². The molecular formula is C55H38O2. The van der Waals surface area contributed by atoms with Crippen LogP contribution >= 0.6 is 0 Å². The lowest BCUT2D eigenvalue weighted by Crippen LogP contribution is -1.87. The minimum atomic E-state index is 0.764. The van der Waals surface area contributed by atoms with E-state index in [1.165, 1.54) is 33.4 Å². The van der Waals surface area contributed by atoms with Gasteiger partial charge in [-0.05, 0) is 134 Å². The maximum absolute atomic E-state index is 6.57. The third-order valence-electron chi connectivity index (χ3n) is 11.1. The van der Waals surface area contributed by atoms with Crippen LogP contribution in [-0.4, -0.2) is 0 Å². The summed E-state index contributed by atoms with van der Waals surface area (Å²) in [7, 11) is 0. The molecular weight excluding hydrogens is 693 g/mol. The van der Waals surface area contributed by atoms with Crippen LogP contribution in [0.4, 0.5) is 0 Å². The second-order valence-electron chi connectivity index (χ2n) is 14.5. The lowest BCUT2D eigenvalue weighted by Gasteiger charge is -2.09. The molecule has 0 fully saturated rings. The van der Waals surface area contributed by atoms with Gasteiger partial charge in [-0.2, -0.15) is 0 Å². The second kappa shape index (κ2) is 14.3. The van der Waals surface area contributed by atoms with Crippen molar-refractivity contribution in [3.63, 3.8) is 0 Å². The molecule has 0 saturated heterocycles. The molecule has 0 aliphatic heterocycles. The molecule has 2 aromatic heterocycles. The Kier molecular flexibility index (Phi) is 8.58. The summed E-state index contributed by atoms with van der Waals surface area (Å²) in [5.41, 5.74) is 17.0. The fourth-order valence-electron chi connectivity index (χ4n) is 8.08. The third-order valence-corrected chi connectivity index (χ3v) is 11.1. The zero-order chi connectivity index (χ0) is 38.3. The van der Waals surface area contributed by atoms with Gasteiger partial charge in [-0.1, -0.05) is 146 Å². The van der Waals surface area contributed by atoms with Gasteiger partial charge in [-0.15, -0.1) is 0 Å². The van der Waals surface area contributed by atoms with E-state index in [4.69, 9.17) is 8.83 Å². The van der Waals surface area contributed by atoms with Gasteiger partial charge >= 0.3 is 0 Å². The maximum atomic E-state index is 6.57. The van der Waals surface area contributed by atoms with Crippen molar-refractivity contribution in [3.05, 3.63) is 218 Å². The van der Waals surface area contributed by atoms with Crippen molar-refractivity contribution in [2.45, 2.75) is 6.92 Å². The predicted molar refractivity (Wildman–Crippen MR) is 241 cm³/mol. The van der Waals surface area contributed by atoms with Crippen molar-refractivity contribution in [1.82, 2.24) is 0 Å². The van der Waals surface area contributed by atoms with Crippen LogP contribution in [0.5, 0.6) is 0 Å². The van der Waals surface area contributed by atoms with Gasteiger partial charge in [0.25, 0.3) is 0 Å². The molecule has 0 bridgehead atoms. The summed E-state index contributed by atoms with van der Waals surface area (Å²) in [6.07, 6.45) is 6.30. The highest BCUT2D eigenvalue weighted by Gasteiger charge is 2.18. The number of allylic oxidation sites excluding steroid dienone is 5. The molecule has 0 aliphatic rings. The summed E-state index contributed by atoms with van der Waals surface area (Å²) in [6.45, 7) is 6.26. The second-order valence-corrected chi connectivity index (χ2v) is 14.5. The lowest BCUT2D eigenvalue weighted by molar-refractivity contribution is 0.633. The van der Waals surface area contributed by atoms with Gasteiger partial charge in [-0.25, -0.2) is 0 Å². The number of furan rings is 2. The highest BCUT2D eigenvalue weighted by atomic mass is 16.4. The fraction of sp³-hybridized carbons (Fsp3) is 0.0182. The number of hydrogen-bond acceptors (Lipinski definition) is 2. The van der Waals surface area contributed by atoms with Crippen LogP contribution in [-0.2, 0) is 0 Å². The van der Waals surface area contributed by atoms with E-state index in [2.05, 4.69) is 202 Å². The summed E-state index contributed by atoms with van der Waals surface area (Å²) in [5, 5.41) is 4.19. The first kappa shape index (κ1) is 34.1. The topological polar surface area (TPSA) is 26.3 Å². The first-order chi connectivity index (χ1) is 28.1. The molecule has 10 rings (SSSR count). The van der Waals surface area contributed by atoms with Gasteiger partial charge in [-0.3, -0.25) is 0 Å². The molecule has 0 unspecified atom stereocenters. The molecule has 0 saturated carbocycles. The molecule has 57 heavy (non-hydrogen) atoms. The molecule has 0 spiro atoms. The molecule has 2 heterocycles. The minimum absolute atomic E-state index is 0.764. The van der Waals surface area contributed by atoms with E-state index in [-0.39, 0.29) is 0 Å². The van der Waals surface area contributed by atoms with Crippen LogP contribution in [0.2, 0.25) is 0 Å². The van der Waals surface area contributed by atoms with Gasteiger partial charge in [0.2, 0.25) is 0 Å². The third kappa shape index (κ3) is 6.28. The summed E-state index contributed by atoms with van der Waals surface area (Å²) in [6, 6.07) is 64.4. The Morgan fingerprint density at radius 2 is 0.842 bits per heavy atom. The quantitative estimate of drug-likeness (QED) is 0.146. The smallest absolute Gasteiger partial charge is 0.178 e. The molecule has 2 heteroatoms. The Labute approximate surface area is 332 Å². The molecule has 8 aromatic carbocycles. The average Bonchev–Trinajstić information content (AvgIpc) is 3.85. The first-order valence-corrected chi connectivity index (χ1v) is 19.4. The molecule has 2 nitrogen and oxygen atoms in total. The number of fused-ring (bicyclic) bond motifs is 7. The van der Waals surface area contributed by atoms with Gasteiger partial charge in [0.1, 0.15) is 11.2 Å². The van der Waals surface area contributed by atoms with Crippen LogP contribution in [0, 0.1) is 0 Å². The Hall–Kier alpha value is -7.42. The summed E-state index contributed by atoms with van der Waals surface area (Å²) >= 11 is 0. The van der Waals surface area contributed by atoms with Crippen molar-refractivity contribution >= 4 is 55.0 Å². The Morgan fingerprint density at radius 1 is 0.386 bits per heavy atom. The molecule has 0 aliphatic carbocycles. The van der Waals surface area contributed by atoms with E-state index in [1.54, 1.807) is 0 Å². The number of rotatable bonds is 8. The molecule has 10 aromatic rings. The van der Waals surface area contributed by atoms with Crippen molar-refractivity contribution in [3.8, 4) is 44.5 Å². The highest BCUT2D eigenvalue weighted by Crippen LogP contribution is 2.41. The monoisotopic (exact) mass is 730 g/mol. The lowest BCUT2D eigenvalue weighted by atomic mass is 9.95. The van der Waals surface area contributed by atoms with Gasteiger partial charge in [0, 0.05) is 21.5 Å². The molecule has 270 valence electrons. The van der Waals surface area contributed by atoms with Crippen LogP contribution in [0.15, 0.2) is 216 Å². The largest absolute Gasteiger partial charge is 0.452 e. The van der Waals surface area contributed by atoms with Gasteiger partial charge in [0.15, 0.2) is 11.2 Å². The number of hydrogen-bond donors (Lipinski definition) is 0. The molecule has 0 radical (unpaired) electrons. The highest BCUT2D eigenvalue weighted by molar-refractivity contribution is 6.19. The van der Waals surface area contributed by atoms with E-state index in [0.29, 0.717) is 0 Å². The Morgan fingerprint density at radius 3 is 1.40 bits per heavy atom. The van der Waals surface area contributed by atoms with Crippen molar-refractivity contribution < 1.29 is 8.83 Å². The summed E-state index contributed by atoms with van der Waals surface area (Å²) in [4.78, 5) is 0. The van der Waals surface area contributed by atoms with Gasteiger partial charge < -0.3 is 8.83 Å². The van der Waals surface area contributed by atoms with E-state index in [9.17, 15) is 0 Å². The molecule has 0 N–H and O–H groups in total. The zero-order valence-electron chi connectivity index (χ0n) is 31.6. The Bertz CT molecular complexity index is 3190.